The van der Waals surface area contributed by atoms with Crippen LogP contribution >= 0.6 is 0 Å². The summed E-state index contributed by atoms with van der Waals surface area (Å²) in [5.41, 5.74) is -0.434. The third-order valence-corrected chi connectivity index (χ3v) is 3.90. The first kappa shape index (κ1) is 16.9. The standard InChI is InChI=1S/C17H28N2O3/c1-13(15-8-6-12-21-15)18-10-9-14-7-5-11-19(14)16(20)22-17(2,3)4/h6,8,12-14,18H,5,7,9-11H2,1-4H3. The first-order valence-electron chi connectivity index (χ1n) is 8.13. The average Bonchev–Trinajstić information content (AvgIpc) is 3.08. The molecule has 1 amide bonds. The van der Waals surface area contributed by atoms with Gasteiger partial charge in [0.2, 0.25) is 0 Å². The molecule has 5 heteroatoms. The van der Waals surface area contributed by atoms with Crippen LogP contribution in [0.4, 0.5) is 4.79 Å². The van der Waals surface area contributed by atoms with Crippen molar-refractivity contribution in [3.8, 4) is 0 Å². The molecule has 0 aliphatic carbocycles. The predicted molar refractivity (Wildman–Crippen MR) is 85.7 cm³/mol. The third kappa shape index (κ3) is 4.77. The lowest BCUT2D eigenvalue weighted by Gasteiger charge is -2.28. The fourth-order valence-corrected chi connectivity index (χ4v) is 2.80. The lowest BCUT2D eigenvalue weighted by atomic mass is 10.1. The van der Waals surface area contributed by atoms with Crippen molar-refractivity contribution in [2.45, 2.75) is 64.6 Å². The number of hydrogen-bond donors (Lipinski definition) is 1. The molecule has 1 aromatic rings. The van der Waals surface area contributed by atoms with Gasteiger partial charge >= 0.3 is 6.09 Å². The van der Waals surface area contributed by atoms with E-state index in [-0.39, 0.29) is 18.2 Å². The van der Waals surface area contributed by atoms with E-state index >= 15 is 0 Å². The molecule has 2 unspecified atom stereocenters. The van der Waals surface area contributed by atoms with Crippen molar-refractivity contribution < 1.29 is 13.9 Å². The van der Waals surface area contributed by atoms with Crippen LogP contribution in [-0.4, -0.2) is 35.7 Å². The van der Waals surface area contributed by atoms with Crippen molar-refractivity contribution in [3.63, 3.8) is 0 Å². The van der Waals surface area contributed by atoms with Crippen molar-refractivity contribution in [1.29, 1.82) is 0 Å². The number of amides is 1. The van der Waals surface area contributed by atoms with E-state index in [1.807, 2.05) is 37.8 Å². The van der Waals surface area contributed by atoms with Crippen LogP contribution in [0.2, 0.25) is 0 Å². The fourth-order valence-electron chi connectivity index (χ4n) is 2.80. The topological polar surface area (TPSA) is 54.7 Å². The van der Waals surface area contributed by atoms with Crippen LogP contribution in [0.5, 0.6) is 0 Å². The zero-order valence-electron chi connectivity index (χ0n) is 14.1. The summed E-state index contributed by atoms with van der Waals surface area (Å²) in [7, 11) is 0. The summed E-state index contributed by atoms with van der Waals surface area (Å²) in [6.07, 6.45) is 4.54. The molecule has 2 rings (SSSR count). The van der Waals surface area contributed by atoms with E-state index < -0.39 is 5.60 Å². The normalized spacial score (nSPS) is 20.2. The number of nitrogens with zero attached hydrogens (tertiary/aromatic N) is 1. The van der Waals surface area contributed by atoms with Gasteiger partial charge in [0.05, 0.1) is 12.3 Å². The SMILES string of the molecule is CC(NCCC1CCCN1C(=O)OC(C)(C)C)c1ccco1. The minimum Gasteiger partial charge on any atom is -0.468 e. The summed E-state index contributed by atoms with van der Waals surface area (Å²) in [6, 6.07) is 4.33. The number of ether oxygens (including phenoxy) is 1. The molecule has 0 radical (unpaired) electrons. The molecule has 0 aromatic carbocycles. The third-order valence-electron chi connectivity index (χ3n) is 3.90. The molecule has 2 atom stereocenters. The second-order valence-corrected chi connectivity index (χ2v) is 6.95. The Bertz CT molecular complexity index is 465. The van der Waals surface area contributed by atoms with Crippen LogP contribution in [0.1, 0.15) is 58.8 Å². The zero-order chi connectivity index (χ0) is 16.2. The van der Waals surface area contributed by atoms with Gasteiger partial charge in [0.15, 0.2) is 0 Å². The van der Waals surface area contributed by atoms with Crippen LogP contribution < -0.4 is 5.32 Å². The Hall–Kier alpha value is -1.49. The molecule has 0 saturated carbocycles. The maximum absolute atomic E-state index is 12.2. The van der Waals surface area contributed by atoms with Gasteiger partial charge in [-0.3, -0.25) is 0 Å². The van der Waals surface area contributed by atoms with Gasteiger partial charge in [-0.05, 0) is 65.6 Å². The van der Waals surface area contributed by atoms with Gasteiger partial charge < -0.3 is 19.4 Å². The summed E-state index contributed by atoms with van der Waals surface area (Å²) in [4.78, 5) is 14.1. The van der Waals surface area contributed by atoms with Crippen molar-refractivity contribution in [3.05, 3.63) is 24.2 Å². The lowest BCUT2D eigenvalue weighted by Crippen LogP contribution is -2.41. The molecule has 1 N–H and O–H groups in total. The molecule has 5 nitrogen and oxygen atoms in total. The van der Waals surface area contributed by atoms with Gasteiger partial charge in [-0.2, -0.15) is 0 Å². The van der Waals surface area contributed by atoms with E-state index in [1.54, 1.807) is 6.26 Å². The van der Waals surface area contributed by atoms with Gasteiger partial charge in [0.1, 0.15) is 11.4 Å². The fraction of sp³-hybridized carbons (Fsp3) is 0.706. The highest BCUT2D eigenvalue weighted by atomic mass is 16.6. The molecule has 1 aromatic heterocycles. The Morgan fingerprint density at radius 3 is 2.95 bits per heavy atom. The molecule has 0 bridgehead atoms. The summed E-state index contributed by atoms with van der Waals surface area (Å²) >= 11 is 0. The van der Waals surface area contributed by atoms with Gasteiger partial charge in [0.25, 0.3) is 0 Å². The molecule has 0 spiro atoms. The maximum atomic E-state index is 12.2. The van der Waals surface area contributed by atoms with E-state index in [0.29, 0.717) is 0 Å². The van der Waals surface area contributed by atoms with Crippen LogP contribution in [0.25, 0.3) is 0 Å². The molecule has 1 fully saturated rings. The zero-order valence-corrected chi connectivity index (χ0v) is 14.1. The van der Waals surface area contributed by atoms with Crippen LogP contribution in [0.15, 0.2) is 22.8 Å². The number of rotatable bonds is 5. The van der Waals surface area contributed by atoms with E-state index in [0.717, 1.165) is 38.1 Å². The van der Waals surface area contributed by atoms with E-state index in [4.69, 9.17) is 9.15 Å². The van der Waals surface area contributed by atoms with E-state index in [2.05, 4.69) is 12.2 Å². The summed E-state index contributed by atoms with van der Waals surface area (Å²) < 4.78 is 10.9. The molecule has 1 aliphatic rings. The summed E-state index contributed by atoms with van der Waals surface area (Å²) in [6.45, 7) is 9.45. The monoisotopic (exact) mass is 308 g/mol. The lowest BCUT2D eigenvalue weighted by molar-refractivity contribution is 0.0220. The minimum absolute atomic E-state index is 0.186. The number of carbonyl (C=O) groups excluding carboxylic acids is 1. The molecular formula is C17H28N2O3. The highest BCUT2D eigenvalue weighted by molar-refractivity contribution is 5.68. The Labute approximate surface area is 133 Å². The molecule has 2 heterocycles. The van der Waals surface area contributed by atoms with Gasteiger partial charge in [-0.15, -0.1) is 0 Å². The quantitative estimate of drug-likeness (QED) is 0.900. The van der Waals surface area contributed by atoms with Crippen LogP contribution in [0.3, 0.4) is 0 Å². The number of likely N-dealkylation sites (tertiary alicyclic amines) is 1. The van der Waals surface area contributed by atoms with Crippen molar-refractivity contribution in [2.24, 2.45) is 0 Å². The number of carbonyl (C=O) groups is 1. The Kier molecular flexibility index (Phi) is 5.51. The van der Waals surface area contributed by atoms with Crippen molar-refractivity contribution >= 4 is 6.09 Å². The second kappa shape index (κ2) is 7.18. The largest absolute Gasteiger partial charge is 0.468 e. The Balaban J connectivity index is 1.78. The predicted octanol–water partition coefficient (Wildman–Crippen LogP) is 3.72. The smallest absolute Gasteiger partial charge is 0.410 e. The number of furan rings is 1. The molecular weight excluding hydrogens is 280 g/mol. The Morgan fingerprint density at radius 1 is 1.55 bits per heavy atom. The highest BCUT2D eigenvalue weighted by Gasteiger charge is 2.31. The van der Waals surface area contributed by atoms with E-state index in [9.17, 15) is 4.79 Å². The second-order valence-electron chi connectivity index (χ2n) is 6.95. The van der Waals surface area contributed by atoms with Crippen molar-refractivity contribution in [1.82, 2.24) is 10.2 Å². The Morgan fingerprint density at radius 2 is 2.32 bits per heavy atom. The molecule has 22 heavy (non-hydrogen) atoms. The first-order chi connectivity index (χ1) is 10.4. The number of nitrogens with one attached hydrogen (secondary N) is 1. The van der Waals surface area contributed by atoms with Crippen molar-refractivity contribution in [2.75, 3.05) is 13.1 Å². The van der Waals surface area contributed by atoms with E-state index in [1.165, 1.54) is 0 Å². The maximum Gasteiger partial charge on any atom is 0.410 e. The summed E-state index contributed by atoms with van der Waals surface area (Å²) in [5.74, 6) is 0.940. The number of hydrogen-bond acceptors (Lipinski definition) is 4. The highest BCUT2D eigenvalue weighted by Crippen LogP contribution is 2.23. The van der Waals surface area contributed by atoms with Gasteiger partial charge in [0, 0.05) is 12.6 Å². The van der Waals surface area contributed by atoms with Gasteiger partial charge in [-0.1, -0.05) is 0 Å². The minimum atomic E-state index is -0.434. The first-order valence-corrected chi connectivity index (χ1v) is 8.13. The summed E-state index contributed by atoms with van der Waals surface area (Å²) in [5, 5.41) is 3.45. The van der Waals surface area contributed by atoms with Crippen LogP contribution in [-0.2, 0) is 4.74 Å². The average molecular weight is 308 g/mol. The van der Waals surface area contributed by atoms with Gasteiger partial charge in [-0.25, -0.2) is 4.79 Å². The molecule has 1 saturated heterocycles. The molecule has 124 valence electrons. The molecule has 1 aliphatic heterocycles. The van der Waals surface area contributed by atoms with Crippen LogP contribution in [0, 0.1) is 0 Å².